The lowest BCUT2D eigenvalue weighted by atomic mass is 9.99. The monoisotopic (exact) mass is 343 g/mol. The van der Waals surface area contributed by atoms with Gasteiger partial charge in [0.15, 0.2) is 0 Å². The van der Waals surface area contributed by atoms with E-state index in [1.807, 2.05) is 24.3 Å². The van der Waals surface area contributed by atoms with Crippen molar-refractivity contribution in [3.8, 4) is 0 Å². The van der Waals surface area contributed by atoms with Crippen molar-refractivity contribution in [1.82, 2.24) is 10.2 Å². The first-order chi connectivity index (χ1) is 12.1. The van der Waals surface area contributed by atoms with Crippen LogP contribution < -0.4 is 10.2 Å². The van der Waals surface area contributed by atoms with Crippen molar-refractivity contribution >= 4 is 29.7 Å². The minimum Gasteiger partial charge on any atom is -0.442 e. The molecule has 0 radical (unpaired) electrons. The second-order valence-electron chi connectivity index (χ2n) is 6.18. The van der Waals surface area contributed by atoms with E-state index in [0.29, 0.717) is 19.6 Å². The summed E-state index contributed by atoms with van der Waals surface area (Å²) in [7, 11) is 0. The van der Waals surface area contributed by atoms with Gasteiger partial charge in [-0.3, -0.25) is 14.5 Å². The molecule has 0 spiro atoms. The van der Waals surface area contributed by atoms with Crippen LogP contribution >= 0.6 is 0 Å². The van der Waals surface area contributed by atoms with Crippen LogP contribution in [0.5, 0.6) is 0 Å². The number of rotatable bonds is 5. The number of benzene rings is 1. The van der Waals surface area contributed by atoms with E-state index < -0.39 is 6.09 Å². The molecule has 1 atom stereocenters. The van der Waals surface area contributed by atoms with Gasteiger partial charge in [0.1, 0.15) is 6.10 Å². The summed E-state index contributed by atoms with van der Waals surface area (Å²) in [4.78, 5) is 37.1. The van der Waals surface area contributed by atoms with E-state index in [4.69, 9.17) is 4.74 Å². The Morgan fingerprint density at radius 2 is 2.12 bits per heavy atom. The maximum Gasteiger partial charge on any atom is 0.414 e. The van der Waals surface area contributed by atoms with E-state index in [-0.39, 0.29) is 12.0 Å². The maximum atomic E-state index is 12.0. The Bertz CT molecular complexity index is 699. The van der Waals surface area contributed by atoms with Gasteiger partial charge in [-0.2, -0.15) is 0 Å². The lowest BCUT2D eigenvalue weighted by molar-refractivity contribution is -0.119. The van der Waals surface area contributed by atoms with E-state index in [2.05, 4.69) is 11.4 Å². The van der Waals surface area contributed by atoms with Crippen LogP contribution in [0.2, 0.25) is 0 Å². The molecule has 2 aliphatic heterocycles. The number of cyclic esters (lactones) is 1. The number of nitrogens with zero attached hydrogens (tertiary/aromatic N) is 2. The number of nitrogens with one attached hydrogen (secondary N) is 1. The highest BCUT2D eigenvalue weighted by molar-refractivity contribution is 5.90. The van der Waals surface area contributed by atoms with Gasteiger partial charge in [-0.25, -0.2) is 4.79 Å². The maximum absolute atomic E-state index is 12.0. The molecule has 7 nitrogen and oxygen atoms in total. The van der Waals surface area contributed by atoms with E-state index >= 15 is 0 Å². The smallest absolute Gasteiger partial charge is 0.414 e. The number of anilines is 1. The predicted molar refractivity (Wildman–Crippen MR) is 93.0 cm³/mol. The Kier molecular flexibility index (Phi) is 5.02. The molecule has 2 aliphatic rings. The number of hydrogen-bond donors (Lipinski definition) is 1. The van der Waals surface area contributed by atoms with Crippen molar-refractivity contribution in [1.29, 1.82) is 0 Å². The van der Waals surface area contributed by atoms with E-state index in [1.54, 1.807) is 9.80 Å². The third-order valence-electron chi connectivity index (χ3n) is 4.39. The van der Waals surface area contributed by atoms with Gasteiger partial charge in [0.05, 0.1) is 13.1 Å². The van der Waals surface area contributed by atoms with Gasteiger partial charge in [-0.15, -0.1) is 0 Å². The van der Waals surface area contributed by atoms with Crippen molar-refractivity contribution in [3.05, 3.63) is 35.9 Å². The fourth-order valence-electron chi connectivity index (χ4n) is 2.99. The second-order valence-corrected chi connectivity index (χ2v) is 6.18. The zero-order chi connectivity index (χ0) is 17.8. The Labute approximate surface area is 146 Å². The highest BCUT2D eigenvalue weighted by atomic mass is 16.6. The number of amides is 3. The van der Waals surface area contributed by atoms with Gasteiger partial charge in [0, 0.05) is 25.7 Å². The molecule has 132 valence electrons. The van der Waals surface area contributed by atoms with E-state index in [1.165, 1.54) is 12.5 Å². The number of hydrogen-bond acceptors (Lipinski definition) is 4. The van der Waals surface area contributed by atoms with E-state index in [0.717, 1.165) is 30.6 Å². The molecule has 25 heavy (non-hydrogen) atoms. The third-order valence-corrected chi connectivity index (χ3v) is 4.39. The van der Waals surface area contributed by atoms with Gasteiger partial charge < -0.3 is 15.0 Å². The Balaban J connectivity index is 1.64. The molecular weight excluding hydrogens is 322 g/mol. The van der Waals surface area contributed by atoms with Crippen LogP contribution in [0.3, 0.4) is 0 Å². The molecule has 0 saturated carbocycles. The minimum atomic E-state index is -0.401. The van der Waals surface area contributed by atoms with Crippen LogP contribution in [0.1, 0.15) is 18.9 Å². The number of carbonyl (C=O) groups excluding carboxylic acids is 3. The molecular formula is C18H21N3O4. The molecule has 0 aliphatic carbocycles. The van der Waals surface area contributed by atoms with Crippen LogP contribution in [-0.4, -0.2) is 55.6 Å². The van der Waals surface area contributed by atoms with E-state index in [9.17, 15) is 14.4 Å². The first-order valence-corrected chi connectivity index (χ1v) is 8.28. The van der Waals surface area contributed by atoms with Gasteiger partial charge in [0.2, 0.25) is 12.3 Å². The summed E-state index contributed by atoms with van der Waals surface area (Å²) >= 11 is 0. The molecule has 1 aromatic rings. The lowest BCUT2D eigenvalue weighted by Gasteiger charge is -2.23. The summed E-state index contributed by atoms with van der Waals surface area (Å²) in [6.07, 6.45) is 3.00. The molecule has 7 heteroatoms. The summed E-state index contributed by atoms with van der Waals surface area (Å²) in [6.45, 7) is 3.51. The van der Waals surface area contributed by atoms with Gasteiger partial charge in [-0.05, 0) is 29.7 Å². The summed E-state index contributed by atoms with van der Waals surface area (Å²) in [5.74, 6) is -0.146. The normalized spacial score (nSPS) is 20.1. The van der Waals surface area contributed by atoms with Gasteiger partial charge >= 0.3 is 6.09 Å². The van der Waals surface area contributed by atoms with Crippen LogP contribution in [0.15, 0.2) is 30.3 Å². The number of ether oxygens (including phenoxy) is 1. The van der Waals surface area contributed by atoms with Crippen molar-refractivity contribution in [2.24, 2.45) is 0 Å². The number of carbonyl (C=O) groups is 3. The summed E-state index contributed by atoms with van der Waals surface area (Å²) in [6, 6.07) is 7.74. The molecule has 2 heterocycles. The van der Waals surface area contributed by atoms with Crippen LogP contribution in [0, 0.1) is 0 Å². The van der Waals surface area contributed by atoms with Crippen LogP contribution in [0.4, 0.5) is 10.5 Å². The molecule has 3 rings (SSSR count). The summed E-state index contributed by atoms with van der Waals surface area (Å²) < 4.78 is 5.27. The van der Waals surface area contributed by atoms with Crippen LogP contribution in [0.25, 0.3) is 5.57 Å². The Morgan fingerprint density at radius 1 is 1.36 bits per heavy atom. The second kappa shape index (κ2) is 7.38. The van der Waals surface area contributed by atoms with Crippen molar-refractivity contribution in [2.75, 3.05) is 31.1 Å². The quantitative estimate of drug-likeness (QED) is 0.820. The largest absolute Gasteiger partial charge is 0.442 e. The molecule has 1 fully saturated rings. The topological polar surface area (TPSA) is 79.0 Å². The third kappa shape index (κ3) is 3.99. The molecule has 1 aromatic carbocycles. The first kappa shape index (κ1) is 17.0. The lowest BCUT2D eigenvalue weighted by Crippen LogP contribution is -2.33. The van der Waals surface area contributed by atoms with Crippen LogP contribution in [-0.2, 0) is 14.3 Å². The SMILES string of the molecule is CC(=O)NCC1CN(c2ccc(C3=CCN(C=O)CC3)cc2)C(=O)O1. The Morgan fingerprint density at radius 3 is 2.72 bits per heavy atom. The highest BCUT2D eigenvalue weighted by Gasteiger charge is 2.32. The fourth-order valence-corrected chi connectivity index (χ4v) is 2.99. The van der Waals surface area contributed by atoms with Crippen molar-refractivity contribution < 1.29 is 19.1 Å². The van der Waals surface area contributed by atoms with Gasteiger partial charge in [-0.1, -0.05) is 18.2 Å². The average molecular weight is 343 g/mol. The molecule has 1 saturated heterocycles. The van der Waals surface area contributed by atoms with Gasteiger partial charge in [0.25, 0.3) is 0 Å². The predicted octanol–water partition coefficient (Wildman–Crippen LogP) is 1.39. The molecule has 1 unspecified atom stereocenters. The average Bonchev–Trinajstić information content (AvgIpc) is 3.01. The zero-order valence-electron chi connectivity index (χ0n) is 14.1. The Hall–Kier alpha value is -2.83. The molecule has 3 amide bonds. The summed E-state index contributed by atoms with van der Waals surface area (Å²) in [5, 5.41) is 2.66. The molecule has 0 bridgehead atoms. The zero-order valence-corrected chi connectivity index (χ0v) is 14.1. The van der Waals surface area contributed by atoms with Crippen molar-refractivity contribution in [3.63, 3.8) is 0 Å². The highest BCUT2D eigenvalue weighted by Crippen LogP contribution is 2.26. The first-order valence-electron chi connectivity index (χ1n) is 8.28. The van der Waals surface area contributed by atoms with Crippen molar-refractivity contribution in [2.45, 2.75) is 19.4 Å². The summed E-state index contributed by atoms with van der Waals surface area (Å²) in [5.41, 5.74) is 3.07. The molecule has 0 aromatic heterocycles. The fraction of sp³-hybridized carbons (Fsp3) is 0.389. The minimum absolute atomic E-state index is 0.146. The molecule has 1 N–H and O–H groups in total. The standard InChI is InChI=1S/C18H21N3O4/c1-13(23)19-10-17-11-21(18(24)25-17)16-4-2-14(3-5-16)15-6-8-20(12-22)9-7-15/h2-6,12,17H,7-11H2,1H3,(H,19,23).